The Morgan fingerprint density at radius 1 is 1.26 bits per heavy atom. The van der Waals surface area contributed by atoms with Crippen molar-refractivity contribution in [2.24, 2.45) is 0 Å². The molecule has 0 aliphatic carbocycles. The van der Waals surface area contributed by atoms with Gasteiger partial charge in [-0.05, 0) is 30.7 Å². The zero-order chi connectivity index (χ0) is 16.2. The third-order valence-corrected chi connectivity index (χ3v) is 3.37. The summed E-state index contributed by atoms with van der Waals surface area (Å²) in [5.41, 5.74) is 1.80. The second-order valence-electron chi connectivity index (χ2n) is 4.83. The van der Waals surface area contributed by atoms with Crippen molar-refractivity contribution in [2.45, 2.75) is 13.5 Å². The maximum absolute atomic E-state index is 11.4. The number of aromatic nitrogens is 1. The molecule has 0 radical (unpaired) electrons. The first kappa shape index (κ1) is 14.9. The lowest BCUT2D eigenvalue weighted by atomic mass is 10.0. The smallest absolute Gasteiger partial charge is 0.232 e. The molecule has 0 aliphatic rings. The summed E-state index contributed by atoms with van der Waals surface area (Å²) in [7, 11) is 1.52. The van der Waals surface area contributed by atoms with Crippen LogP contribution < -0.4 is 9.47 Å². The van der Waals surface area contributed by atoms with E-state index in [1.807, 2.05) is 6.92 Å². The van der Waals surface area contributed by atoms with Crippen molar-refractivity contribution in [1.29, 1.82) is 0 Å². The largest absolute Gasteiger partial charge is 0.492 e. The monoisotopic (exact) mass is 313 g/mol. The van der Waals surface area contributed by atoms with Gasteiger partial charge in [-0.3, -0.25) is 4.79 Å². The lowest BCUT2D eigenvalue weighted by Crippen LogP contribution is -2.03. The fraction of sp³-hybridized carbons (Fsp3) is 0.176. The molecule has 3 rings (SSSR count). The number of rotatable bonds is 6. The van der Waals surface area contributed by atoms with Crippen molar-refractivity contribution in [3.8, 4) is 22.8 Å². The predicted octanol–water partition coefficient (Wildman–Crippen LogP) is 3.64. The first-order valence-electron chi connectivity index (χ1n) is 6.96. The first-order chi connectivity index (χ1) is 11.2. The first-order valence-corrected chi connectivity index (χ1v) is 6.96. The molecule has 2 heterocycles. The van der Waals surface area contributed by atoms with Crippen LogP contribution in [0.1, 0.15) is 21.8 Å². The molecule has 1 aromatic carbocycles. The molecular formula is C17H15NO5. The van der Waals surface area contributed by atoms with Gasteiger partial charge < -0.3 is 18.3 Å². The molecule has 23 heavy (non-hydrogen) atoms. The summed E-state index contributed by atoms with van der Waals surface area (Å²) >= 11 is 0. The van der Waals surface area contributed by atoms with E-state index in [1.54, 1.807) is 24.4 Å². The predicted molar refractivity (Wildman–Crippen MR) is 81.7 cm³/mol. The molecule has 6 heteroatoms. The van der Waals surface area contributed by atoms with Crippen LogP contribution in [-0.2, 0) is 6.61 Å². The van der Waals surface area contributed by atoms with Crippen molar-refractivity contribution in [3.63, 3.8) is 0 Å². The number of ether oxygens (including phenoxy) is 2. The summed E-state index contributed by atoms with van der Waals surface area (Å²) in [6, 6.07) is 5.24. The van der Waals surface area contributed by atoms with Gasteiger partial charge in [0, 0.05) is 5.56 Å². The molecule has 0 saturated carbocycles. The molecule has 0 saturated heterocycles. The Bertz CT molecular complexity index is 791. The molecule has 0 N–H and O–H groups in total. The summed E-state index contributed by atoms with van der Waals surface area (Å²) < 4.78 is 21.9. The van der Waals surface area contributed by atoms with E-state index in [1.165, 1.54) is 19.6 Å². The van der Waals surface area contributed by atoms with E-state index in [0.29, 0.717) is 34.3 Å². The minimum atomic E-state index is 0.155. The number of hydrogen-bond donors (Lipinski definition) is 0. The third-order valence-electron chi connectivity index (χ3n) is 3.37. The van der Waals surface area contributed by atoms with E-state index in [-0.39, 0.29) is 6.61 Å². The number of furan rings is 1. The van der Waals surface area contributed by atoms with E-state index in [4.69, 9.17) is 18.3 Å². The fourth-order valence-corrected chi connectivity index (χ4v) is 2.39. The molecule has 0 unspecified atom stereocenters. The molecule has 6 nitrogen and oxygen atoms in total. The molecule has 0 fully saturated rings. The molecule has 2 aromatic heterocycles. The second kappa shape index (κ2) is 6.39. The molecule has 0 bridgehead atoms. The number of oxazole rings is 1. The topological polar surface area (TPSA) is 74.7 Å². The number of aryl methyl sites for hydroxylation is 1. The maximum Gasteiger partial charge on any atom is 0.232 e. The number of nitrogens with zero attached hydrogens (tertiary/aromatic N) is 1. The van der Waals surface area contributed by atoms with Crippen LogP contribution in [0.15, 0.2) is 45.8 Å². The standard InChI is InChI=1S/C17H15NO5/c1-11-8-12(9-19)15(13-4-3-6-21-13)17(20-2)16(11)23-10-14-18-5-7-22-14/h3-9H,10H2,1-2H3. The van der Waals surface area contributed by atoms with E-state index < -0.39 is 0 Å². The van der Waals surface area contributed by atoms with Gasteiger partial charge in [-0.25, -0.2) is 4.98 Å². The van der Waals surface area contributed by atoms with Gasteiger partial charge >= 0.3 is 0 Å². The van der Waals surface area contributed by atoms with Crippen LogP contribution in [0.5, 0.6) is 11.5 Å². The number of hydrogen-bond acceptors (Lipinski definition) is 6. The average molecular weight is 313 g/mol. The van der Waals surface area contributed by atoms with Crippen LogP contribution in [0, 0.1) is 6.92 Å². The van der Waals surface area contributed by atoms with Crippen molar-refractivity contribution >= 4 is 6.29 Å². The summed E-state index contributed by atoms with van der Waals surface area (Å²) in [5.74, 6) is 1.94. The minimum Gasteiger partial charge on any atom is -0.492 e. The average Bonchev–Trinajstić information content (AvgIpc) is 3.25. The quantitative estimate of drug-likeness (QED) is 0.647. The highest BCUT2D eigenvalue weighted by molar-refractivity contribution is 5.91. The SMILES string of the molecule is COc1c(OCc2ncco2)c(C)cc(C=O)c1-c1ccco1. The van der Waals surface area contributed by atoms with Gasteiger partial charge in [0.2, 0.25) is 5.89 Å². The Hall–Kier alpha value is -3.02. The lowest BCUT2D eigenvalue weighted by Gasteiger charge is -2.17. The molecule has 0 spiro atoms. The highest BCUT2D eigenvalue weighted by atomic mass is 16.5. The van der Waals surface area contributed by atoms with Crippen LogP contribution in [-0.4, -0.2) is 18.4 Å². The second-order valence-corrected chi connectivity index (χ2v) is 4.83. The van der Waals surface area contributed by atoms with Crippen molar-refractivity contribution in [2.75, 3.05) is 7.11 Å². The summed E-state index contributed by atoms with van der Waals surface area (Å²) in [5, 5.41) is 0. The number of benzene rings is 1. The molecule has 0 aliphatic heterocycles. The summed E-state index contributed by atoms with van der Waals surface area (Å²) in [6.45, 7) is 1.99. The molecule has 0 amide bonds. The minimum absolute atomic E-state index is 0.155. The molecule has 0 atom stereocenters. The molecule has 3 aromatic rings. The van der Waals surface area contributed by atoms with Crippen LogP contribution in [0.2, 0.25) is 0 Å². The lowest BCUT2D eigenvalue weighted by molar-refractivity contribution is 0.112. The number of methoxy groups -OCH3 is 1. The summed E-state index contributed by atoms with van der Waals surface area (Å²) in [6.07, 6.45) is 5.33. The van der Waals surface area contributed by atoms with Crippen molar-refractivity contribution in [3.05, 3.63) is 53.9 Å². The van der Waals surface area contributed by atoms with E-state index in [9.17, 15) is 4.79 Å². The Labute approximate surface area is 132 Å². The van der Waals surface area contributed by atoms with E-state index in [2.05, 4.69) is 4.98 Å². The van der Waals surface area contributed by atoms with Gasteiger partial charge in [-0.15, -0.1) is 0 Å². The third kappa shape index (κ3) is 2.83. The zero-order valence-corrected chi connectivity index (χ0v) is 12.7. The van der Waals surface area contributed by atoms with Crippen molar-refractivity contribution < 1.29 is 23.1 Å². The van der Waals surface area contributed by atoms with Crippen molar-refractivity contribution in [1.82, 2.24) is 4.98 Å². The van der Waals surface area contributed by atoms with E-state index in [0.717, 1.165) is 11.8 Å². The maximum atomic E-state index is 11.4. The van der Waals surface area contributed by atoms with Crippen LogP contribution in [0.3, 0.4) is 0 Å². The van der Waals surface area contributed by atoms with Gasteiger partial charge in [-0.2, -0.15) is 0 Å². The fourth-order valence-electron chi connectivity index (χ4n) is 2.39. The zero-order valence-electron chi connectivity index (χ0n) is 12.7. The van der Waals surface area contributed by atoms with Gasteiger partial charge in [0.25, 0.3) is 0 Å². The number of carbonyl (C=O) groups is 1. The molecule has 118 valence electrons. The van der Waals surface area contributed by atoms with Gasteiger partial charge in [-0.1, -0.05) is 0 Å². The Morgan fingerprint density at radius 3 is 2.74 bits per heavy atom. The number of carbonyl (C=O) groups excluding carboxylic acids is 1. The Balaban J connectivity index is 2.08. The summed E-state index contributed by atoms with van der Waals surface area (Å²) in [4.78, 5) is 15.5. The van der Waals surface area contributed by atoms with Gasteiger partial charge in [0.1, 0.15) is 12.0 Å². The van der Waals surface area contributed by atoms with Gasteiger partial charge in [0.15, 0.2) is 24.4 Å². The highest BCUT2D eigenvalue weighted by Crippen LogP contribution is 2.43. The van der Waals surface area contributed by atoms with Crippen LogP contribution >= 0.6 is 0 Å². The van der Waals surface area contributed by atoms with E-state index >= 15 is 0 Å². The normalized spacial score (nSPS) is 10.5. The van der Waals surface area contributed by atoms with Crippen LogP contribution in [0.4, 0.5) is 0 Å². The number of aldehydes is 1. The Morgan fingerprint density at radius 2 is 2.13 bits per heavy atom. The Kier molecular flexibility index (Phi) is 4.14. The van der Waals surface area contributed by atoms with Gasteiger partial charge in [0.05, 0.1) is 25.1 Å². The van der Waals surface area contributed by atoms with Crippen LogP contribution in [0.25, 0.3) is 11.3 Å². The molecular weight excluding hydrogens is 298 g/mol. The highest BCUT2D eigenvalue weighted by Gasteiger charge is 2.21.